The number of Topliss-reactive ketones (excluding diaryl/α,β-unsaturated/α-hetero) is 1. The molecule has 0 bridgehead atoms. The summed E-state index contributed by atoms with van der Waals surface area (Å²) in [5.74, 6) is -0.176. The number of nitrogens with zero attached hydrogens (tertiary/aromatic N) is 1. The number of alkyl carbamates (subject to hydrolysis) is 1. The van der Waals surface area contributed by atoms with Crippen LogP contribution in [0.2, 0.25) is 0 Å². The Morgan fingerprint density at radius 1 is 1.11 bits per heavy atom. The van der Waals surface area contributed by atoms with E-state index in [1.165, 1.54) is 4.90 Å². The molecule has 0 saturated heterocycles. The van der Waals surface area contributed by atoms with Crippen LogP contribution in [0.15, 0.2) is 18.2 Å². The van der Waals surface area contributed by atoms with Crippen molar-refractivity contribution in [3.05, 3.63) is 34.9 Å². The summed E-state index contributed by atoms with van der Waals surface area (Å²) >= 11 is 0. The van der Waals surface area contributed by atoms with Gasteiger partial charge in [-0.1, -0.05) is 12.1 Å². The minimum absolute atomic E-state index is 0.0419. The molecule has 0 saturated carbocycles. The third kappa shape index (κ3) is 8.24. The van der Waals surface area contributed by atoms with Gasteiger partial charge in [-0.3, -0.25) is 9.59 Å². The van der Waals surface area contributed by atoms with Crippen LogP contribution in [0.3, 0.4) is 0 Å². The second kappa shape index (κ2) is 9.53. The van der Waals surface area contributed by atoms with Gasteiger partial charge in [-0.2, -0.15) is 0 Å². The van der Waals surface area contributed by atoms with E-state index < -0.39 is 11.7 Å². The molecule has 2 amide bonds. The van der Waals surface area contributed by atoms with Crippen LogP contribution >= 0.6 is 0 Å². The number of hydrogen-bond acceptors (Lipinski definition) is 4. The van der Waals surface area contributed by atoms with Crippen molar-refractivity contribution in [3.8, 4) is 0 Å². The SMILES string of the molecule is Cc1ccc(C(=O)CCC(=O)N(C)CC(C)NC(=O)OC(C)(C)C)cc1C. The molecular formula is C21H32N2O4. The first kappa shape index (κ1) is 22.7. The maximum atomic E-state index is 12.3. The van der Waals surface area contributed by atoms with E-state index in [1.54, 1.807) is 40.8 Å². The highest BCUT2D eigenvalue weighted by atomic mass is 16.6. The molecule has 0 heterocycles. The molecule has 1 aromatic rings. The molecule has 6 heteroatoms. The number of ether oxygens (including phenoxy) is 1. The Kier molecular flexibility index (Phi) is 8.00. The fourth-order valence-corrected chi connectivity index (χ4v) is 2.54. The minimum atomic E-state index is -0.569. The number of benzene rings is 1. The van der Waals surface area contributed by atoms with Crippen molar-refractivity contribution < 1.29 is 19.1 Å². The molecule has 27 heavy (non-hydrogen) atoms. The average Bonchev–Trinajstić information content (AvgIpc) is 2.52. The summed E-state index contributed by atoms with van der Waals surface area (Å²) in [5.41, 5.74) is 2.26. The molecule has 0 spiro atoms. The van der Waals surface area contributed by atoms with E-state index in [1.807, 2.05) is 26.0 Å². The summed E-state index contributed by atoms with van der Waals surface area (Å²) in [6.45, 7) is 11.5. The van der Waals surface area contributed by atoms with E-state index >= 15 is 0 Å². The first-order valence-electron chi connectivity index (χ1n) is 9.23. The summed E-state index contributed by atoms with van der Waals surface area (Å²) in [7, 11) is 1.66. The molecular weight excluding hydrogens is 344 g/mol. The van der Waals surface area contributed by atoms with Gasteiger partial charge in [-0.05, 0) is 58.7 Å². The molecule has 1 unspecified atom stereocenters. The summed E-state index contributed by atoms with van der Waals surface area (Å²) < 4.78 is 5.20. The highest BCUT2D eigenvalue weighted by Crippen LogP contribution is 2.13. The van der Waals surface area contributed by atoms with Gasteiger partial charge >= 0.3 is 6.09 Å². The number of hydrogen-bond donors (Lipinski definition) is 1. The molecule has 0 fully saturated rings. The van der Waals surface area contributed by atoms with Gasteiger partial charge in [-0.15, -0.1) is 0 Å². The number of rotatable bonds is 7. The van der Waals surface area contributed by atoms with Crippen LogP contribution < -0.4 is 5.32 Å². The maximum Gasteiger partial charge on any atom is 0.407 e. The lowest BCUT2D eigenvalue weighted by atomic mass is 10.0. The summed E-state index contributed by atoms with van der Waals surface area (Å²) in [6.07, 6.45) is -0.207. The zero-order valence-corrected chi connectivity index (χ0v) is 17.5. The molecule has 0 aliphatic heterocycles. The van der Waals surface area contributed by atoms with Crippen LogP contribution in [-0.2, 0) is 9.53 Å². The number of carbonyl (C=O) groups excluding carboxylic acids is 3. The van der Waals surface area contributed by atoms with Gasteiger partial charge in [-0.25, -0.2) is 4.79 Å². The fraction of sp³-hybridized carbons (Fsp3) is 0.571. The predicted octanol–water partition coefficient (Wildman–Crippen LogP) is 3.64. The summed E-state index contributed by atoms with van der Waals surface area (Å²) in [6, 6.07) is 5.31. The summed E-state index contributed by atoms with van der Waals surface area (Å²) in [5, 5.41) is 2.70. The number of carbonyl (C=O) groups is 3. The molecule has 1 N–H and O–H groups in total. The molecule has 6 nitrogen and oxygen atoms in total. The van der Waals surface area contributed by atoms with Gasteiger partial charge in [0.15, 0.2) is 5.78 Å². The Balaban J connectivity index is 2.46. The van der Waals surface area contributed by atoms with Gasteiger partial charge in [0, 0.05) is 38.0 Å². The topological polar surface area (TPSA) is 75.7 Å². The quantitative estimate of drug-likeness (QED) is 0.737. The summed E-state index contributed by atoms with van der Waals surface area (Å²) in [4.78, 5) is 37.9. The second-order valence-corrected chi connectivity index (χ2v) is 8.04. The van der Waals surface area contributed by atoms with Crippen molar-refractivity contribution in [1.82, 2.24) is 10.2 Å². The monoisotopic (exact) mass is 376 g/mol. The van der Waals surface area contributed by atoms with Crippen molar-refractivity contribution >= 4 is 17.8 Å². The lowest BCUT2D eigenvalue weighted by molar-refractivity contribution is -0.130. The number of aryl methyl sites for hydroxylation is 2. The Morgan fingerprint density at radius 2 is 1.74 bits per heavy atom. The Hall–Kier alpha value is -2.37. The molecule has 150 valence electrons. The second-order valence-electron chi connectivity index (χ2n) is 8.04. The smallest absolute Gasteiger partial charge is 0.407 e. The van der Waals surface area contributed by atoms with Crippen molar-refractivity contribution in [1.29, 1.82) is 0 Å². The van der Waals surface area contributed by atoms with Gasteiger partial charge < -0.3 is 15.0 Å². The first-order valence-corrected chi connectivity index (χ1v) is 9.23. The van der Waals surface area contributed by atoms with Gasteiger partial charge in [0.05, 0.1) is 0 Å². The predicted molar refractivity (Wildman–Crippen MR) is 106 cm³/mol. The number of likely N-dealkylation sites (N-methyl/N-ethyl adjacent to an activating group) is 1. The van der Waals surface area contributed by atoms with E-state index in [9.17, 15) is 14.4 Å². The number of nitrogens with one attached hydrogen (secondary N) is 1. The Bertz CT molecular complexity index is 692. The van der Waals surface area contributed by atoms with Crippen molar-refractivity contribution in [2.45, 2.75) is 66.0 Å². The van der Waals surface area contributed by atoms with Crippen LogP contribution in [0, 0.1) is 13.8 Å². The minimum Gasteiger partial charge on any atom is -0.444 e. The van der Waals surface area contributed by atoms with Gasteiger partial charge in [0.25, 0.3) is 0 Å². The molecule has 1 atom stereocenters. The van der Waals surface area contributed by atoms with E-state index in [2.05, 4.69) is 5.32 Å². The van der Waals surface area contributed by atoms with Crippen molar-refractivity contribution in [2.24, 2.45) is 0 Å². The maximum absolute atomic E-state index is 12.3. The lowest BCUT2D eigenvalue weighted by Crippen LogP contribution is -2.44. The van der Waals surface area contributed by atoms with Crippen LogP contribution in [0.4, 0.5) is 4.79 Å². The van der Waals surface area contributed by atoms with E-state index in [0.29, 0.717) is 12.1 Å². The Labute approximate surface area is 162 Å². The van der Waals surface area contributed by atoms with Crippen LogP contribution in [0.1, 0.15) is 62.0 Å². The van der Waals surface area contributed by atoms with Crippen molar-refractivity contribution in [2.75, 3.05) is 13.6 Å². The third-order valence-electron chi connectivity index (χ3n) is 4.13. The van der Waals surface area contributed by atoms with Gasteiger partial charge in [0.2, 0.25) is 5.91 Å². The standard InChI is InChI=1S/C21H32N2O4/c1-14-8-9-17(12-15(14)2)18(24)10-11-19(25)23(7)13-16(3)22-20(26)27-21(4,5)6/h8-9,12,16H,10-11,13H2,1-7H3,(H,22,26). The molecule has 1 rings (SSSR count). The molecule has 0 aliphatic rings. The lowest BCUT2D eigenvalue weighted by Gasteiger charge is -2.25. The zero-order valence-electron chi connectivity index (χ0n) is 17.5. The van der Waals surface area contributed by atoms with Crippen LogP contribution in [0.25, 0.3) is 0 Å². The number of amides is 2. The highest BCUT2D eigenvalue weighted by Gasteiger charge is 2.20. The molecule has 0 aromatic heterocycles. The highest BCUT2D eigenvalue weighted by molar-refractivity contribution is 5.98. The molecule has 0 radical (unpaired) electrons. The molecule has 0 aliphatic carbocycles. The Morgan fingerprint density at radius 3 is 2.30 bits per heavy atom. The normalized spacial score (nSPS) is 12.3. The fourth-order valence-electron chi connectivity index (χ4n) is 2.54. The zero-order chi connectivity index (χ0) is 20.8. The average molecular weight is 376 g/mol. The third-order valence-corrected chi connectivity index (χ3v) is 4.13. The van der Waals surface area contributed by atoms with E-state index in [4.69, 9.17) is 4.74 Å². The van der Waals surface area contributed by atoms with E-state index in [-0.39, 0.29) is 30.6 Å². The molecule has 1 aromatic carbocycles. The van der Waals surface area contributed by atoms with E-state index in [0.717, 1.165) is 11.1 Å². The first-order chi connectivity index (χ1) is 12.4. The van der Waals surface area contributed by atoms with Crippen LogP contribution in [0.5, 0.6) is 0 Å². The van der Waals surface area contributed by atoms with Gasteiger partial charge in [0.1, 0.15) is 5.60 Å². The van der Waals surface area contributed by atoms with Crippen molar-refractivity contribution in [3.63, 3.8) is 0 Å². The largest absolute Gasteiger partial charge is 0.444 e. The van der Waals surface area contributed by atoms with Crippen LogP contribution in [-0.4, -0.2) is 47.9 Å². The number of ketones is 1.